The van der Waals surface area contributed by atoms with Gasteiger partial charge < -0.3 is 19.7 Å². The van der Waals surface area contributed by atoms with E-state index in [0.717, 1.165) is 44.0 Å². The summed E-state index contributed by atoms with van der Waals surface area (Å²) in [6, 6.07) is 0. The molecular weight excluding hydrogens is 264 g/mol. The van der Waals surface area contributed by atoms with E-state index in [4.69, 9.17) is 9.47 Å². The normalized spacial score (nSPS) is 17.8. The van der Waals surface area contributed by atoms with E-state index in [0.29, 0.717) is 17.9 Å². The van der Waals surface area contributed by atoms with Crippen LogP contribution in [-0.2, 0) is 11.3 Å². The molecule has 0 unspecified atom stereocenters. The Hall–Kier alpha value is -0.760. The predicted molar refractivity (Wildman–Crippen MR) is 74.6 cm³/mol. The van der Waals surface area contributed by atoms with Crippen molar-refractivity contribution >= 4 is 11.3 Å². The Bertz CT molecular complexity index is 366. The van der Waals surface area contributed by atoms with E-state index < -0.39 is 0 Å². The fourth-order valence-corrected chi connectivity index (χ4v) is 2.70. The highest BCUT2D eigenvalue weighted by atomic mass is 32.1. The van der Waals surface area contributed by atoms with Crippen molar-refractivity contribution in [2.24, 2.45) is 0 Å². The fraction of sp³-hybridized carbons (Fsp3) is 0.833. The molecule has 0 amide bonds. The summed E-state index contributed by atoms with van der Waals surface area (Å²) in [4.78, 5) is 2.32. The molecule has 108 valence electrons. The summed E-state index contributed by atoms with van der Waals surface area (Å²) in [5.74, 6) is 0. The first-order valence-electron chi connectivity index (χ1n) is 6.65. The number of nitrogens with zero attached hydrogens (tertiary/aromatic N) is 3. The minimum Gasteiger partial charge on any atom is -0.466 e. The SMILES string of the molecule is COCCNCc1nnc(OC2CCN(C)CC2)s1. The lowest BCUT2D eigenvalue weighted by Gasteiger charge is -2.28. The van der Waals surface area contributed by atoms with Crippen LogP contribution in [0.2, 0.25) is 0 Å². The standard InChI is InChI=1S/C12H22N4O2S/c1-16-6-3-10(4-7-16)18-12-15-14-11(19-12)9-13-5-8-17-2/h10,13H,3-9H2,1-2H3. The van der Waals surface area contributed by atoms with Crippen LogP contribution in [0.3, 0.4) is 0 Å². The van der Waals surface area contributed by atoms with Crippen molar-refractivity contribution in [2.45, 2.75) is 25.5 Å². The number of piperidine rings is 1. The van der Waals surface area contributed by atoms with Crippen LogP contribution in [0.15, 0.2) is 0 Å². The first-order chi connectivity index (χ1) is 9.28. The van der Waals surface area contributed by atoms with Crippen molar-refractivity contribution in [3.63, 3.8) is 0 Å². The lowest BCUT2D eigenvalue weighted by Crippen LogP contribution is -2.35. The average Bonchev–Trinajstić information content (AvgIpc) is 2.85. The van der Waals surface area contributed by atoms with Crippen molar-refractivity contribution in [3.05, 3.63) is 5.01 Å². The molecule has 6 nitrogen and oxygen atoms in total. The summed E-state index contributed by atoms with van der Waals surface area (Å²) in [6.07, 6.45) is 2.42. The highest BCUT2D eigenvalue weighted by molar-refractivity contribution is 7.13. The number of hydrogen-bond donors (Lipinski definition) is 1. The summed E-state index contributed by atoms with van der Waals surface area (Å²) < 4.78 is 10.8. The van der Waals surface area contributed by atoms with Gasteiger partial charge in [-0.25, -0.2) is 0 Å². The Morgan fingerprint density at radius 1 is 1.37 bits per heavy atom. The molecule has 0 atom stereocenters. The van der Waals surface area contributed by atoms with Crippen LogP contribution in [0, 0.1) is 0 Å². The number of hydrogen-bond acceptors (Lipinski definition) is 7. The van der Waals surface area contributed by atoms with Gasteiger partial charge in [0.1, 0.15) is 11.1 Å². The van der Waals surface area contributed by atoms with Gasteiger partial charge >= 0.3 is 0 Å². The lowest BCUT2D eigenvalue weighted by molar-refractivity contribution is 0.113. The van der Waals surface area contributed by atoms with Crippen LogP contribution < -0.4 is 10.1 Å². The second-order valence-corrected chi connectivity index (χ2v) is 5.78. The molecule has 0 aliphatic carbocycles. The van der Waals surface area contributed by atoms with E-state index in [-0.39, 0.29) is 0 Å². The van der Waals surface area contributed by atoms with Crippen LogP contribution in [0.4, 0.5) is 0 Å². The zero-order valence-corrected chi connectivity index (χ0v) is 12.4. The largest absolute Gasteiger partial charge is 0.466 e. The Morgan fingerprint density at radius 3 is 2.89 bits per heavy atom. The van der Waals surface area contributed by atoms with Crippen molar-refractivity contribution < 1.29 is 9.47 Å². The van der Waals surface area contributed by atoms with Crippen LogP contribution in [0.25, 0.3) is 0 Å². The van der Waals surface area contributed by atoms with Gasteiger partial charge in [0.15, 0.2) is 0 Å². The molecule has 1 aliphatic heterocycles. The number of methoxy groups -OCH3 is 1. The molecule has 0 bridgehead atoms. The summed E-state index contributed by atoms with van der Waals surface area (Å²) >= 11 is 1.52. The molecular formula is C12H22N4O2S. The Kier molecular flexibility index (Phi) is 5.96. The summed E-state index contributed by atoms with van der Waals surface area (Å²) in [5, 5.41) is 13.1. The maximum absolute atomic E-state index is 5.88. The molecule has 1 aromatic heterocycles. The molecule has 1 fully saturated rings. The van der Waals surface area contributed by atoms with Gasteiger partial charge in [-0.1, -0.05) is 16.4 Å². The molecule has 0 spiro atoms. The summed E-state index contributed by atoms with van der Waals surface area (Å²) in [6.45, 7) is 4.43. The van der Waals surface area contributed by atoms with E-state index in [1.807, 2.05) is 0 Å². The van der Waals surface area contributed by atoms with E-state index in [1.165, 1.54) is 11.3 Å². The molecule has 7 heteroatoms. The van der Waals surface area contributed by atoms with Gasteiger partial charge in [-0.05, 0) is 19.9 Å². The van der Waals surface area contributed by atoms with E-state index in [1.54, 1.807) is 7.11 Å². The highest BCUT2D eigenvalue weighted by Gasteiger charge is 2.19. The van der Waals surface area contributed by atoms with Gasteiger partial charge in [-0.15, -0.1) is 5.10 Å². The Morgan fingerprint density at radius 2 is 2.16 bits per heavy atom. The summed E-state index contributed by atoms with van der Waals surface area (Å²) in [5.41, 5.74) is 0. The predicted octanol–water partition coefficient (Wildman–Crippen LogP) is 0.747. The smallest absolute Gasteiger partial charge is 0.294 e. The van der Waals surface area contributed by atoms with Gasteiger partial charge in [0.25, 0.3) is 5.19 Å². The number of rotatable bonds is 7. The average molecular weight is 286 g/mol. The molecule has 1 N–H and O–H groups in total. The zero-order chi connectivity index (χ0) is 13.5. The van der Waals surface area contributed by atoms with E-state index >= 15 is 0 Å². The van der Waals surface area contributed by atoms with Crippen molar-refractivity contribution in [1.82, 2.24) is 20.4 Å². The monoisotopic (exact) mass is 286 g/mol. The third kappa shape index (κ3) is 5.02. The molecule has 1 saturated heterocycles. The number of ether oxygens (including phenoxy) is 2. The molecule has 19 heavy (non-hydrogen) atoms. The molecule has 1 aromatic rings. The minimum atomic E-state index is 0.290. The first kappa shape index (κ1) is 14.6. The van der Waals surface area contributed by atoms with Gasteiger partial charge in [-0.2, -0.15) is 0 Å². The summed E-state index contributed by atoms with van der Waals surface area (Å²) in [7, 11) is 3.84. The van der Waals surface area contributed by atoms with Crippen molar-refractivity contribution in [2.75, 3.05) is 40.4 Å². The van der Waals surface area contributed by atoms with Crippen molar-refractivity contribution in [1.29, 1.82) is 0 Å². The lowest BCUT2D eigenvalue weighted by atomic mass is 10.1. The molecule has 0 radical (unpaired) electrons. The van der Waals surface area contributed by atoms with Gasteiger partial charge in [0, 0.05) is 33.3 Å². The number of likely N-dealkylation sites (tertiary alicyclic amines) is 1. The van der Waals surface area contributed by atoms with E-state index in [2.05, 4.69) is 27.5 Å². The fourth-order valence-electron chi connectivity index (χ4n) is 1.97. The molecule has 2 rings (SSSR count). The maximum Gasteiger partial charge on any atom is 0.294 e. The molecule has 0 saturated carbocycles. The van der Waals surface area contributed by atoms with Crippen LogP contribution in [-0.4, -0.2) is 61.6 Å². The van der Waals surface area contributed by atoms with Gasteiger partial charge in [0.2, 0.25) is 0 Å². The number of aromatic nitrogens is 2. The van der Waals surface area contributed by atoms with Crippen LogP contribution in [0.5, 0.6) is 5.19 Å². The van der Waals surface area contributed by atoms with E-state index in [9.17, 15) is 0 Å². The number of nitrogens with one attached hydrogen (secondary N) is 1. The third-order valence-corrected chi connectivity index (χ3v) is 3.95. The van der Waals surface area contributed by atoms with Gasteiger partial charge in [0.05, 0.1) is 6.61 Å². The van der Waals surface area contributed by atoms with Crippen molar-refractivity contribution in [3.8, 4) is 5.19 Å². The second-order valence-electron chi connectivity index (χ2n) is 4.75. The maximum atomic E-state index is 5.88. The topological polar surface area (TPSA) is 59.5 Å². The molecule has 1 aliphatic rings. The molecule has 0 aromatic carbocycles. The second kappa shape index (κ2) is 7.74. The minimum absolute atomic E-state index is 0.290. The molecule has 2 heterocycles. The highest BCUT2D eigenvalue weighted by Crippen LogP contribution is 2.22. The van der Waals surface area contributed by atoms with Gasteiger partial charge in [-0.3, -0.25) is 0 Å². The Balaban J connectivity index is 1.71. The third-order valence-electron chi connectivity index (χ3n) is 3.14. The first-order valence-corrected chi connectivity index (χ1v) is 7.47. The van der Waals surface area contributed by atoms with Crippen LogP contribution in [0.1, 0.15) is 17.8 Å². The zero-order valence-electron chi connectivity index (χ0n) is 11.6. The Labute approximate surface area is 118 Å². The van der Waals surface area contributed by atoms with Crippen LogP contribution >= 0.6 is 11.3 Å². The quantitative estimate of drug-likeness (QED) is 0.746.